The second-order valence-electron chi connectivity index (χ2n) is 6.37. The van der Waals surface area contributed by atoms with Crippen LogP contribution in [0.1, 0.15) is 30.6 Å². The van der Waals surface area contributed by atoms with Gasteiger partial charge in [-0.15, -0.1) is 11.3 Å². The average Bonchev–Trinajstić information content (AvgIpc) is 3.09. The molecule has 1 aromatic carbocycles. The lowest BCUT2D eigenvalue weighted by molar-refractivity contribution is -0.126. The largest absolute Gasteiger partial charge is 0.497 e. The number of hydrogen-bond acceptors (Lipinski definition) is 4. The van der Waals surface area contributed by atoms with Crippen molar-refractivity contribution in [2.24, 2.45) is 11.7 Å². The Bertz CT molecular complexity index is 681. The number of benzene rings is 1. The summed E-state index contributed by atoms with van der Waals surface area (Å²) in [5, 5.41) is 5.19. The minimum absolute atomic E-state index is 0.0785. The van der Waals surface area contributed by atoms with Gasteiger partial charge in [-0.1, -0.05) is 18.6 Å². The lowest BCUT2D eigenvalue weighted by Crippen LogP contribution is -2.37. The molecule has 1 fully saturated rings. The van der Waals surface area contributed by atoms with Gasteiger partial charge in [0, 0.05) is 16.8 Å². The van der Waals surface area contributed by atoms with Crippen LogP contribution in [0.15, 0.2) is 35.7 Å². The van der Waals surface area contributed by atoms with E-state index in [0.29, 0.717) is 6.54 Å². The third-order valence-corrected chi connectivity index (χ3v) is 5.54. The van der Waals surface area contributed by atoms with Crippen LogP contribution in [0.5, 0.6) is 5.75 Å². The van der Waals surface area contributed by atoms with E-state index in [2.05, 4.69) is 16.8 Å². The second-order valence-corrected chi connectivity index (χ2v) is 7.37. The molecule has 0 saturated heterocycles. The van der Waals surface area contributed by atoms with Crippen LogP contribution in [0.2, 0.25) is 0 Å². The van der Waals surface area contributed by atoms with Crippen LogP contribution in [-0.2, 0) is 11.3 Å². The molecular weight excluding hydrogens is 320 g/mol. The molecule has 2 aromatic rings. The fourth-order valence-electron chi connectivity index (χ4n) is 3.19. The summed E-state index contributed by atoms with van der Waals surface area (Å²) in [5.74, 6) is 1.08. The number of ether oxygens (including phenoxy) is 1. The van der Waals surface area contributed by atoms with E-state index in [1.54, 1.807) is 18.4 Å². The summed E-state index contributed by atoms with van der Waals surface area (Å²) in [6.07, 6.45) is 3.87. The van der Waals surface area contributed by atoms with Gasteiger partial charge in [0.2, 0.25) is 5.91 Å². The van der Waals surface area contributed by atoms with E-state index in [0.717, 1.165) is 41.9 Å². The van der Waals surface area contributed by atoms with Gasteiger partial charge in [-0.3, -0.25) is 4.79 Å². The van der Waals surface area contributed by atoms with Crippen molar-refractivity contribution in [3.8, 4) is 16.9 Å². The predicted molar refractivity (Wildman–Crippen MR) is 98.1 cm³/mol. The molecule has 2 atom stereocenters. The first-order valence-corrected chi connectivity index (χ1v) is 9.29. The third-order valence-electron chi connectivity index (χ3n) is 4.60. The number of nitrogens with one attached hydrogen (secondary N) is 1. The van der Waals surface area contributed by atoms with E-state index in [1.165, 1.54) is 5.56 Å². The highest BCUT2D eigenvalue weighted by atomic mass is 32.1. The normalized spacial score (nSPS) is 20.6. The second kappa shape index (κ2) is 7.81. The number of thiophene rings is 1. The van der Waals surface area contributed by atoms with Gasteiger partial charge in [-0.25, -0.2) is 0 Å². The van der Waals surface area contributed by atoms with E-state index in [-0.39, 0.29) is 17.9 Å². The summed E-state index contributed by atoms with van der Waals surface area (Å²) < 4.78 is 5.19. The molecule has 0 bridgehead atoms. The van der Waals surface area contributed by atoms with Crippen molar-refractivity contribution < 1.29 is 9.53 Å². The van der Waals surface area contributed by atoms with Crippen LogP contribution < -0.4 is 15.8 Å². The zero-order chi connectivity index (χ0) is 16.9. The molecule has 1 aliphatic carbocycles. The fraction of sp³-hybridized carbons (Fsp3) is 0.421. The van der Waals surface area contributed by atoms with Gasteiger partial charge in [0.05, 0.1) is 13.7 Å². The highest BCUT2D eigenvalue weighted by molar-refractivity contribution is 7.10. The summed E-state index contributed by atoms with van der Waals surface area (Å²) in [7, 11) is 1.67. The first-order chi connectivity index (χ1) is 11.7. The van der Waals surface area contributed by atoms with E-state index < -0.39 is 0 Å². The zero-order valence-electron chi connectivity index (χ0n) is 14.0. The Morgan fingerprint density at radius 1 is 1.29 bits per heavy atom. The van der Waals surface area contributed by atoms with Gasteiger partial charge in [0.1, 0.15) is 5.75 Å². The number of carbonyl (C=O) groups is 1. The summed E-state index contributed by atoms with van der Waals surface area (Å²) in [6.45, 7) is 0.589. The fourth-order valence-corrected chi connectivity index (χ4v) is 4.03. The molecule has 4 nitrogen and oxygen atoms in total. The van der Waals surface area contributed by atoms with Gasteiger partial charge in [0.25, 0.3) is 0 Å². The van der Waals surface area contributed by atoms with Crippen molar-refractivity contribution in [1.82, 2.24) is 5.32 Å². The first-order valence-electron chi connectivity index (χ1n) is 8.41. The van der Waals surface area contributed by atoms with Crippen molar-refractivity contribution >= 4 is 17.2 Å². The molecule has 0 radical (unpaired) electrons. The number of hydrogen-bond donors (Lipinski definition) is 2. The topological polar surface area (TPSA) is 64.3 Å². The molecule has 5 heteroatoms. The minimum atomic E-state index is 0.0785. The molecular formula is C19H24N2O2S. The first kappa shape index (κ1) is 17.0. The Morgan fingerprint density at radius 3 is 2.79 bits per heavy atom. The van der Waals surface area contributed by atoms with Crippen molar-refractivity contribution in [2.45, 2.75) is 38.3 Å². The van der Waals surface area contributed by atoms with Gasteiger partial charge in [-0.2, -0.15) is 0 Å². The zero-order valence-corrected chi connectivity index (χ0v) is 14.8. The van der Waals surface area contributed by atoms with E-state index in [1.807, 2.05) is 24.3 Å². The lowest BCUT2D eigenvalue weighted by Gasteiger charge is -2.25. The molecule has 0 spiro atoms. The molecule has 0 aliphatic heterocycles. The quantitative estimate of drug-likeness (QED) is 0.872. The van der Waals surface area contributed by atoms with Crippen LogP contribution >= 0.6 is 11.3 Å². The number of nitrogens with two attached hydrogens (primary N) is 1. The molecule has 1 aromatic heterocycles. The molecule has 3 N–H and O–H groups in total. The molecule has 1 heterocycles. The molecule has 1 aliphatic rings. The van der Waals surface area contributed by atoms with Crippen molar-refractivity contribution in [3.63, 3.8) is 0 Å². The molecule has 128 valence electrons. The predicted octanol–water partition coefficient (Wildman–Crippen LogP) is 3.56. The Kier molecular flexibility index (Phi) is 5.53. The maximum atomic E-state index is 12.3. The molecule has 24 heavy (non-hydrogen) atoms. The molecule has 2 unspecified atom stereocenters. The van der Waals surface area contributed by atoms with E-state index >= 15 is 0 Å². The third kappa shape index (κ3) is 4.16. The van der Waals surface area contributed by atoms with Crippen molar-refractivity contribution in [2.75, 3.05) is 7.11 Å². The minimum Gasteiger partial charge on any atom is -0.497 e. The van der Waals surface area contributed by atoms with Crippen LogP contribution in [0.4, 0.5) is 0 Å². The maximum Gasteiger partial charge on any atom is 0.223 e. The summed E-state index contributed by atoms with van der Waals surface area (Å²) in [4.78, 5) is 13.4. The van der Waals surface area contributed by atoms with Crippen molar-refractivity contribution in [3.05, 3.63) is 40.6 Å². The SMILES string of the molecule is COc1ccc(-c2csc(CNC(=O)C3CCCC(N)C3)c2)cc1. The maximum absolute atomic E-state index is 12.3. The number of methoxy groups -OCH3 is 1. The smallest absolute Gasteiger partial charge is 0.223 e. The van der Waals surface area contributed by atoms with Crippen LogP contribution in [0.25, 0.3) is 11.1 Å². The van der Waals surface area contributed by atoms with Gasteiger partial charge in [0.15, 0.2) is 0 Å². The monoisotopic (exact) mass is 344 g/mol. The standard InChI is InChI=1S/C19H24N2O2S/c1-23-17-7-5-13(6-8-17)15-10-18(24-12-15)11-21-19(22)14-3-2-4-16(20)9-14/h5-8,10,12,14,16H,2-4,9,11,20H2,1H3,(H,21,22). The van der Waals surface area contributed by atoms with Gasteiger partial charge in [-0.05, 0) is 54.0 Å². The molecule has 3 rings (SSSR count). The average molecular weight is 344 g/mol. The van der Waals surface area contributed by atoms with Crippen LogP contribution in [-0.4, -0.2) is 19.1 Å². The molecule has 1 saturated carbocycles. The van der Waals surface area contributed by atoms with Crippen LogP contribution in [0.3, 0.4) is 0 Å². The van der Waals surface area contributed by atoms with Crippen LogP contribution in [0, 0.1) is 5.92 Å². The number of rotatable bonds is 5. The van der Waals surface area contributed by atoms with E-state index in [9.17, 15) is 4.79 Å². The number of carbonyl (C=O) groups excluding carboxylic acids is 1. The Labute approximate surface area is 147 Å². The Hall–Kier alpha value is -1.85. The highest BCUT2D eigenvalue weighted by Gasteiger charge is 2.25. The molecule has 1 amide bonds. The van der Waals surface area contributed by atoms with Crippen molar-refractivity contribution in [1.29, 1.82) is 0 Å². The summed E-state index contributed by atoms with van der Waals surface area (Å²) in [5.41, 5.74) is 8.30. The summed E-state index contributed by atoms with van der Waals surface area (Å²) >= 11 is 1.67. The summed E-state index contributed by atoms with van der Waals surface area (Å²) in [6, 6.07) is 10.3. The Balaban J connectivity index is 1.56. The van der Waals surface area contributed by atoms with E-state index in [4.69, 9.17) is 10.5 Å². The highest BCUT2D eigenvalue weighted by Crippen LogP contribution is 2.28. The number of amides is 1. The van der Waals surface area contributed by atoms with Gasteiger partial charge < -0.3 is 15.8 Å². The van der Waals surface area contributed by atoms with Gasteiger partial charge >= 0.3 is 0 Å². The Morgan fingerprint density at radius 2 is 2.08 bits per heavy atom. The lowest BCUT2D eigenvalue weighted by atomic mass is 9.85.